The van der Waals surface area contributed by atoms with Crippen molar-refractivity contribution in [2.24, 2.45) is 4.99 Å². The molecule has 5 nitrogen and oxygen atoms in total. The Hall–Kier alpha value is -1.75. The first kappa shape index (κ1) is 19.0. The lowest BCUT2D eigenvalue weighted by atomic mass is 10.0. The molecule has 2 fully saturated rings. The summed E-state index contributed by atoms with van der Waals surface area (Å²) in [7, 11) is 0. The molecular formula is C21H34N4O. The minimum absolute atomic E-state index is 0.507. The molecule has 0 atom stereocenters. The molecule has 0 aromatic carbocycles. The first-order chi connectivity index (χ1) is 12.7. The minimum Gasteiger partial charge on any atom is -0.469 e. The second kappa shape index (κ2) is 9.81. The van der Waals surface area contributed by atoms with Gasteiger partial charge in [0.2, 0.25) is 0 Å². The molecule has 0 radical (unpaired) electrons. The lowest BCUT2D eigenvalue weighted by Crippen LogP contribution is -2.50. The highest BCUT2D eigenvalue weighted by molar-refractivity contribution is 5.80. The van der Waals surface area contributed by atoms with Crippen molar-refractivity contribution in [1.29, 1.82) is 0 Å². The van der Waals surface area contributed by atoms with E-state index in [1.807, 2.05) is 12.1 Å². The third kappa shape index (κ3) is 6.20. The van der Waals surface area contributed by atoms with E-state index in [0.717, 1.165) is 57.2 Å². The summed E-state index contributed by atoms with van der Waals surface area (Å²) < 4.78 is 5.42. The Morgan fingerprint density at radius 3 is 2.50 bits per heavy atom. The SMILES string of the molecule is C=C(C)CN1CCC(NC(=NCCc2ccco2)NC2CCCC2)CC1. The Bertz CT molecular complexity index is 567. The van der Waals surface area contributed by atoms with Crippen molar-refractivity contribution in [1.82, 2.24) is 15.5 Å². The number of furan rings is 1. The lowest BCUT2D eigenvalue weighted by Gasteiger charge is -2.33. The lowest BCUT2D eigenvalue weighted by molar-refractivity contribution is 0.220. The number of guanidine groups is 1. The average molecular weight is 359 g/mol. The van der Waals surface area contributed by atoms with E-state index in [2.05, 4.69) is 29.0 Å². The van der Waals surface area contributed by atoms with Crippen LogP contribution in [0.15, 0.2) is 40.0 Å². The number of likely N-dealkylation sites (tertiary alicyclic amines) is 1. The van der Waals surface area contributed by atoms with E-state index in [-0.39, 0.29) is 0 Å². The molecule has 0 unspecified atom stereocenters. The van der Waals surface area contributed by atoms with Crippen LogP contribution in [0.4, 0.5) is 0 Å². The van der Waals surface area contributed by atoms with Gasteiger partial charge in [-0.3, -0.25) is 9.89 Å². The topological polar surface area (TPSA) is 52.8 Å². The molecule has 2 aliphatic rings. The zero-order valence-corrected chi connectivity index (χ0v) is 16.2. The molecular weight excluding hydrogens is 324 g/mol. The molecule has 2 heterocycles. The monoisotopic (exact) mass is 358 g/mol. The molecule has 0 spiro atoms. The van der Waals surface area contributed by atoms with Gasteiger partial charge < -0.3 is 15.1 Å². The zero-order chi connectivity index (χ0) is 18.2. The van der Waals surface area contributed by atoms with Crippen LogP contribution in [-0.4, -0.2) is 49.1 Å². The average Bonchev–Trinajstić information content (AvgIpc) is 3.30. The Morgan fingerprint density at radius 2 is 1.88 bits per heavy atom. The molecule has 1 aliphatic carbocycles. The van der Waals surface area contributed by atoms with E-state index in [1.54, 1.807) is 6.26 Å². The van der Waals surface area contributed by atoms with Crippen LogP contribution in [0.25, 0.3) is 0 Å². The number of hydrogen-bond donors (Lipinski definition) is 2. The van der Waals surface area contributed by atoms with Gasteiger partial charge in [0, 0.05) is 44.7 Å². The Kier molecular flexibility index (Phi) is 7.18. The highest BCUT2D eigenvalue weighted by Crippen LogP contribution is 2.18. The second-order valence-electron chi connectivity index (χ2n) is 7.84. The molecule has 26 heavy (non-hydrogen) atoms. The van der Waals surface area contributed by atoms with Crippen LogP contribution in [0.2, 0.25) is 0 Å². The summed E-state index contributed by atoms with van der Waals surface area (Å²) in [5, 5.41) is 7.36. The summed E-state index contributed by atoms with van der Waals surface area (Å²) in [6, 6.07) is 5.04. The molecule has 2 N–H and O–H groups in total. The summed E-state index contributed by atoms with van der Waals surface area (Å²) in [6.07, 6.45) is 10.1. The van der Waals surface area contributed by atoms with Gasteiger partial charge >= 0.3 is 0 Å². The number of rotatable bonds is 7. The van der Waals surface area contributed by atoms with E-state index in [0.29, 0.717) is 12.1 Å². The van der Waals surface area contributed by atoms with Gasteiger partial charge in [-0.25, -0.2) is 0 Å². The number of nitrogens with zero attached hydrogens (tertiary/aromatic N) is 2. The van der Waals surface area contributed by atoms with Crippen molar-refractivity contribution in [3.05, 3.63) is 36.3 Å². The van der Waals surface area contributed by atoms with Crippen LogP contribution < -0.4 is 10.6 Å². The standard InChI is InChI=1S/C21H34N4O/c1-17(2)16-25-13-10-19(11-14-25)24-21(23-18-6-3-4-7-18)22-12-9-20-8-5-15-26-20/h5,8,15,18-19H,1,3-4,6-7,9-14,16H2,2H3,(H2,22,23,24). The van der Waals surface area contributed by atoms with E-state index in [4.69, 9.17) is 9.41 Å². The molecule has 1 aromatic rings. The third-order valence-electron chi connectivity index (χ3n) is 5.33. The predicted octanol–water partition coefficient (Wildman–Crippen LogP) is 3.34. The van der Waals surface area contributed by atoms with Gasteiger partial charge in [-0.1, -0.05) is 25.0 Å². The summed E-state index contributed by atoms with van der Waals surface area (Å²) >= 11 is 0. The first-order valence-corrected chi connectivity index (χ1v) is 10.2. The van der Waals surface area contributed by atoms with E-state index in [1.165, 1.54) is 31.3 Å². The van der Waals surface area contributed by atoms with Crippen LogP contribution in [0.3, 0.4) is 0 Å². The van der Waals surface area contributed by atoms with Crippen molar-refractivity contribution in [3.8, 4) is 0 Å². The highest BCUT2D eigenvalue weighted by atomic mass is 16.3. The van der Waals surface area contributed by atoms with Crippen molar-refractivity contribution >= 4 is 5.96 Å². The number of hydrogen-bond acceptors (Lipinski definition) is 3. The van der Waals surface area contributed by atoms with Crippen LogP contribution in [0, 0.1) is 0 Å². The molecule has 1 saturated heterocycles. The second-order valence-corrected chi connectivity index (χ2v) is 7.84. The van der Waals surface area contributed by atoms with Gasteiger partial charge in [-0.2, -0.15) is 0 Å². The fourth-order valence-electron chi connectivity index (χ4n) is 3.94. The van der Waals surface area contributed by atoms with Crippen LogP contribution in [0.5, 0.6) is 0 Å². The highest BCUT2D eigenvalue weighted by Gasteiger charge is 2.22. The smallest absolute Gasteiger partial charge is 0.191 e. The molecule has 0 bridgehead atoms. The molecule has 5 heteroatoms. The van der Waals surface area contributed by atoms with Crippen LogP contribution >= 0.6 is 0 Å². The zero-order valence-electron chi connectivity index (χ0n) is 16.2. The summed E-state index contributed by atoms with van der Waals surface area (Å²) in [6.45, 7) is 10.2. The summed E-state index contributed by atoms with van der Waals surface area (Å²) in [5.74, 6) is 1.99. The number of nitrogens with one attached hydrogen (secondary N) is 2. The summed E-state index contributed by atoms with van der Waals surface area (Å²) in [4.78, 5) is 7.33. The van der Waals surface area contributed by atoms with Gasteiger partial charge in [0.1, 0.15) is 5.76 Å². The molecule has 3 rings (SSSR count). The van der Waals surface area contributed by atoms with E-state index < -0.39 is 0 Å². The largest absolute Gasteiger partial charge is 0.469 e. The van der Waals surface area contributed by atoms with Crippen molar-refractivity contribution in [3.63, 3.8) is 0 Å². The van der Waals surface area contributed by atoms with Crippen molar-refractivity contribution in [2.75, 3.05) is 26.2 Å². The van der Waals surface area contributed by atoms with Gasteiger partial charge in [0.05, 0.1) is 6.26 Å². The van der Waals surface area contributed by atoms with Gasteiger partial charge in [0.25, 0.3) is 0 Å². The van der Waals surface area contributed by atoms with E-state index >= 15 is 0 Å². The summed E-state index contributed by atoms with van der Waals surface area (Å²) in [5.41, 5.74) is 1.25. The number of aliphatic imine (C=N–C) groups is 1. The van der Waals surface area contributed by atoms with Crippen LogP contribution in [-0.2, 0) is 6.42 Å². The molecule has 1 saturated carbocycles. The quantitative estimate of drug-likeness (QED) is 0.446. The maximum absolute atomic E-state index is 5.42. The Balaban J connectivity index is 1.50. The Morgan fingerprint density at radius 1 is 1.19 bits per heavy atom. The van der Waals surface area contributed by atoms with Gasteiger partial charge in [-0.05, 0) is 44.7 Å². The number of piperidine rings is 1. The molecule has 144 valence electrons. The predicted molar refractivity (Wildman–Crippen MR) is 108 cm³/mol. The van der Waals surface area contributed by atoms with Gasteiger partial charge in [0.15, 0.2) is 5.96 Å². The molecule has 1 aliphatic heterocycles. The van der Waals surface area contributed by atoms with Crippen molar-refractivity contribution in [2.45, 2.75) is 64.0 Å². The molecule has 1 aromatic heterocycles. The minimum atomic E-state index is 0.507. The van der Waals surface area contributed by atoms with Crippen molar-refractivity contribution < 1.29 is 4.42 Å². The maximum Gasteiger partial charge on any atom is 0.191 e. The fourth-order valence-corrected chi connectivity index (χ4v) is 3.94. The fraction of sp³-hybridized carbons (Fsp3) is 0.667. The molecule has 0 amide bonds. The first-order valence-electron chi connectivity index (χ1n) is 10.2. The maximum atomic E-state index is 5.42. The van der Waals surface area contributed by atoms with Gasteiger partial charge in [-0.15, -0.1) is 0 Å². The Labute approximate surface area is 157 Å². The van der Waals surface area contributed by atoms with Crippen LogP contribution in [0.1, 0.15) is 51.2 Å². The normalized spacial score (nSPS) is 20.4. The van der Waals surface area contributed by atoms with E-state index in [9.17, 15) is 0 Å². The third-order valence-corrected chi connectivity index (χ3v) is 5.33.